The number of nitrogens with one attached hydrogen (secondary N) is 1. The van der Waals surface area contributed by atoms with Crippen LogP contribution in [0.3, 0.4) is 0 Å². The van der Waals surface area contributed by atoms with Gasteiger partial charge in [0.05, 0.1) is 0 Å². The molecule has 2 heteroatoms. The van der Waals surface area contributed by atoms with Crippen LogP contribution in [0.1, 0.15) is 66.2 Å². The fourth-order valence-corrected chi connectivity index (χ4v) is 4.45. The van der Waals surface area contributed by atoms with Crippen molar-refractivity contribution in [3.8, 4) is 0 Å². The van der Waals surface area contributed by atoms with Gasteiger partial charge < -0.3 is 10.2 Å². The van der Waals surface area contributed by atoms with Crippen LogP contribution in [0.4, 0.5) is 0 Å². The second kappa shape index (κ2) is 7.26. The summed E-state index contributed by atoms with van der Waals surface area (Å²) in [7, 11) is 0. The van der Waals surface area contributed by atoms with Crippen LogP contribution in [0.25, 0.3) is 0 Å². The Labute approximate surface area is 126 Å². The molecular formula is C18H36N2. The molecule has 0 spiro atoms. The summed E-state index contributed by atoms with van der Waals surface area (Å²) in [5.74, 6) is 1.82. The smallest absolute Gasteiger partial charge is 0.00504 e. The highest BCUT2D eigenvalue weighted by molar-refractivity contribution is 4.91. The van der Waals surface area contributed by atoms with E-state index in [1.807, 2.05) is 0 Å². The largest absolute Gasteiger partial charge is 0.314 e. The van der Waals surface area contributed by atoms with Crippen molar-refractivity contribution < 1.29 is 0 Å². The van der Waals surface area contributed by atoms with Crippen molar-refractivity contribution >= 4 is 0 Å². The molecule has 0 aromatic rings. The van der Waals surface area contributed by atoms with Gasteiger partial charge in [0.25, 0.3) is 0 Å². The van der Waals surface area contributed by atoms with Crippen LogP contribution in [0.2, 0.25) is 0 Å². The highest BCUT2D eigenvalue weighted by atomic mass is 15.1. The Balaban J connectivity index is 1.97. The minimum Gasteiger partial charge on any atom is -0.314 e. The number of rotatable bonds is 5. The van der Waals surface area contributed by atoms with Crippen LogP contribution in [0.15, 0.2) is 0 Å². The molecule has 0 aromatic heterocycles. The van der Waals surface area contributed by atoms with Gasteiger partial charge in [0.2, 0.25) is 0 Å². The average Bonchev–Trinajstić information content (AvgIpc) is 2.36. The van der Waals surface area contributed by atoms with Gasteiger partial charge in [-0.2, -0.15) is 0 Å². The van der Waals surface area contributed by atoms with E-state index in [4.69, 9.17) is 0 Å². The summed E-state index contributed by atoms with van der Waals surface area (Å²) in [5, 5.41) is 3.75. The zero-order valence-electron chi connectivity index (χ0n) is 14.3. The van der Waals surface area contributed by atoms with Crippen LogP contribution in [-0.2, 0) is 0 Å². The normalized spacial score (nSPS) is 36.5. The van der Waals surface area contributed by atoms with Crippen molar-refractivity contribution in [3.63, 3.8) is 0 Å². The third-order valence-corrected chi connectivity index (χ3v) is 5.37. The van der Waals surface area contributed by atoms with Gasteiger partial charge in [0, 0.05) is 25.7 Å². The van der Waals surface area contributed by atoms with Crippen molar-refractivity contribution in [1.29, 1.82) is 0 Å². The molecule has 0 aromatic carbocycles. The molecule has 20 heavy (non-hydrogen) atoms. The van der Waals surface area contributed by atoms with E-state index in [0.29, 0.717) is 11.5 Å². The average molecular weight is 281 g/mol. The molecule has 3 atom stereocenters. The van der Waals surface area contributed by atoms with Gasteiger partial charge in [-0.05, 0) is 49.5 Å². The number of likely N-dealkylation sites (tertiary alicyclic amines) is 1. The van der Waals surface area contributed by atoms with E-state index >= 15 is 0 Å². The molecular weight excluding hydrogens is 244 g/mol. The molecule has 1 saturated carbocycles. The summed E-state index contributed by atoms with van der Waals surface area (Å²) in [5.41, 5.74) is 0.541. The predicted octanol–water partition coefficient (Wildman–Crippen LogP) is 3.91. The topological polar surface area (TPSA) is 15.3 Å². The highest BCUT2D eigenvalue weighted by Crippen LogP contribution is 2.40. The van der Waals surface area contributed by atoms with E-state index in [1.165, 1.54) is 64.7 Å². The number of piperidine rings is 1. The summed E-state index contributed by atoms with van der Waals surface area (Å²) in [6.45, 7) is 14.7. The van der Waals surface area contributed by atoms with Gasteiger partial charge in [-0.3, -0.25) is 0 Å². The van der Waals surface area contributed by atoms with Crippen LogP contribution in [0.5, 0.6) is 0 Å². The molecule has 0 radical (unpaired) electrons. The van der Waals surface area contributed by atoms with Crippen molar-refractivity contribution in [2.24, 2.45) is 17.3 Å². The van der Waals surface area contributed by atoms with Crippen molar-refractivity contribution in [1.82, 2.24) is 10.2 Å². The summed E-state index contributed by atoms with van der Waals surface area (Å²) in [4.78, 5) is 2.77. The fraction of sp³-hybridized carbons (Fsp3) is 1.00. The number of nitrogens with zero attached hydrogens (tertiary/aromatic N) is 1. The van der Waals surface area contributed by atoms with Crippen LogP contribution < -0.4 is 5.32 Å². The summed E-state index contributed by atoms with van der Waals surface area (Å²) < 4.78 is 0. The lowest BCUT2D eigenvalue weighted by atomic mass is 9.69. The first-order valence-electron chi connectivity index (χ1n) is 8.95. The first-order chi connectivity index (χ1) is 9.49. The molecule has 1 heterocycles. The molecule has 2 fully saturated rings. The minimum atomic E-state index is 0.541. The Morgan fingerprint density at radius 1 is 1.15 bits per heavy atom. The lowest BCUT2D eigenvalue weighted by Crippen LogP contribution is -2.49. The quantitative estimate of drug-likeness (QED) is 0.821. The zero-order chi connectivity index (χ0) is 14.6. The summed E-state index contributed by atoms with van der Waals surface area (Å²) >= 11 is 0. The standard InChI is InChI=1S/C18H36N2/c1-15(2)19-13-18(9-5-7-16(3)11-18)14-20-10-6-8-17(4)12-20/h15-17,19H,5-14H2,1-4H3. The first kappa shape index (κ1) is 16.3. The lowest BCUT2D eigenvalue weighted by Gasteiger charge is -2.45. The molecule has 1 aliphatic carbocycles. The molecule has 0 amide bonds. The van der Waals surface area contributed by atoms with Crippen LogP contribution >= 0.6 is 0 Å². The summed E-state index contributed by atoms with van der Waals surface area (Å²) in [6, 6.07) is 0.615. The van der Waals surface area contributed by atoms with E-state index in [1.54, 1.807) is 0 Å². The Bertz CT molecular complexity index is 289. The lowest BCUT2D eigenvalue weighted by molar-refractivity contribution is 0.0579. The highest BCUT2D eigenvalue weighted by Gasteiger charge is 2.37. The molecule has 1 aliphatic heterocycles. The molecule has 2 nitrogen and oxygen atoms in total. The molecule has 3 unspecified atom stereocenters. The molecule has 1 saturated heterocycles. The van der Waals surface area contributed by atoms with E-state index in [9.17, 15) is 0 Å². The van der Waals surface area contributed by atoms with Crippen molar-refractivity contribution in [3.05, 3.63) is 0 Å². The Kier molecular flexibility index (Phi) is 5.92. The Hall–Kier alpha value is -0.0800. The second-order valence-electron chi connectivity index (χ2n) is 8.22. The molecule has 1 N–H and O–H groups in total. The van der Waals surface area contributed by atoms with Gasteiger partial charge in [-0.15, -0.1) is 0 Å². The molecule has 2 aliphatic rings. The van der Waals surface area contributed by atoms with E-state index < -0.39 is 0 Å². The van der Waals surface area contributed by atoms with Gasteiger partial charge >= 0.3 is 0 Å². The van der Waals surface area contributed by atoms with Crippen LogP contribution in [0, 0.1) is 17.3 Å². The van der Waals surface area contributed by atoms with E-state index in [0.717, 1.165) is 11.8 Å². The summed E-state index contributed by atoms with van der Waals surface area (Å²) in [6.07, 6.45) is 8.58. The Morgan fingerprint density at radius 3 is 2.55 bits per heavy atom. The maximum atomic E-state index is 3.75. The molecule has 118 valence electrons. The monoisotopic (exact) mass is 280 g/mol. The van der Waals surface area contributed by atoms with E-state index in [2.05, 4.69) is 37.9 Å². The fourth-order valence-electron chi connectivity index (χ4n) is 4.45. The maximum absolute atomic E-state index is 3.75. The zero-order valence-corrected chi connectivity index (χ0v) is 14.3. The SMILES string of the molecule is CC1CCCN(CC2(CNC(C)C)CCCC(C)C2)C1. The minimum absolute atomic E-state index is 0.541. The third kappa shape index (κ3) is 4.73. The van der Waals surface area contributed by atoms with E-state index in [-0.39, 0.29) is 0 Å². The van der Waals surface area contributed by atoms with Crippen LogP contribution in [-0.4, -0.2) is 37.1 Å². The second-order valence-corrected chi connectivity index (χ2v) is 8.22. The van der Waals surface area contributed by atoms with Gasteiger partial charge in [0.15, 0.2) is 0 Å². The molecule has 0 bridgehead atoms. The number of hydrogen-bond donors (Lipinski definition) is 1. The molecule has 2 rings (SSSR count). The van der Waals surface area contributed by atoms with Gasteiger partial charge in [-0.25, -0.2) is 0 Å². The predicted molar refractivity (Wildman–Crippen MR) is 88.0 cm³/mol. The van der Waals surface area contributed by atoms with Crippen molar-refractivity contribution in [2.45, 2.75) is 72.3 Å². The number of hydrogen-bond acceptors (Lipinski definition) is 2. The third-order valence-electron chi connectivity index (χ3n) is 5.37. The van der Waals surface area contributed by atoms with Gasteiger partial charge in [0.1, 0.15) is 0 Å². The van der Waals surface area contributed by atoms with Gasteiger partial charge in [-0.1, -0.05) is 40.5 Å². The first-order valence-corrected chi connectivity index (χ1v) is 8.95. The Morgan fingerprint density at radius 2 is 1.90 bits per heavy atom. The maximum Gasteiger partial charge on any atom is 0.00504 e. The van der Waals surface area contributed by atoms with Crippen molar-refractivity contribution in [2.75, 3.05) is 26.2 Å².